The average Bonchev–Trinajstić information content (AvgIpc) is 2.89. The topological polar surface area (TPSA) is 176 Å². The molecule has 1 heterocycles. The van der Waals surface area contributed by atoms with Gasteiger partial charge >= 0.3 is 5.97 Å². The Bertz CT molecular complexity index is 810. The molecule has 1 saturated heterocycles. The van der Waals surface area contributed by atoms with E-state index in [1.807, 2.05) is 0 Å². The SMILES string of the molecule is CCN(CC(=O)N(C(=O)[C@@H](N)CC(=O)O)[C@@H](CCC1CCCCC1)C(N)=O)C(=O)CCCC1CCNCC1. The molecule has 11 heteroatoms. The smallest absolute Gasteiger partial charge is 0.305 e. The van der Waals surface area contributed by atoms with Gasteiger partial charge in [0.15, 0.2) is 0 Å². The zero-order chi connectivity index (χ0) is 28.1. The summed E-state index contributed by atoms with van der Waals surface area (Å²) in [5, 5.41) is 12.4. The minimum absolute atomic E-state index is 0.188. The van der Waals surface area contributed by atoms with Gasteiger partial charge in [0.2, 0.25) is 23.6 Å². The number of rotatable bonds is 15. The van der Waals surface area contributed by atoms with Gasteiger partial charge < -0.3 is 26.8 Å². The van der Waals surface area contributed by atoms with Crippen LogP contribution in [0.2, 0.25) is 0 Å². The summed E-state index contributed by atoms with van der Waals surface area (Å²) in [6.07, 6.45) is 9.64. The molecule has 4 amide bonds. The van der Waals surface area contributed by atoms with E-state index in [1.165, 1.54) is 11.3 Å². The maximum Gasteiger partial charge on any atom is 0.305 e. The van der Waals surface area contributed by atoms with Crippen LogP contribution in [-0.2, 0) is 24.0 Å². The minimum atomic E-state index is -1.51. The van der Waals surface area contributed by atoms with Crippen LogP contribution in [0.4, 0.5) is 0 Å². The van der Waals surface area contributed by atoms with Crippen molar-refractivity contribution in [2.75, 3.05) is 26.2 Å². The molecule has 0 bridgehead atoms. The predicted octanol–water partition coefficient (Wildman–Crippen LogP) is 1.38. The number of carbonyl (C=O) groups is 5. The Morgan fingerprint density at radius 1 is 0.947 bits per heavy atom. The van der Waals surface area contributed by atoms with Crippen molar-refractivity contribution in [3.05, 3.63) is 0 Å². The fraction of sp³-hybridized carbons (Fsp3) is 0.815. The quantitative estimate of drug-likeness (QED) is 0.242. The number of carboxylic acid groups (broad SMARTS) is 1. The molecule has 2 rings (SSSR count). The van der Waals surface area contributed by atoms with Crippen LogP contribution >= 0.6 is 0 Å². The molecule has 0 spiro atoms. The van der Waals surface area contributed by atoms with Crippen LogP contribution in [0, 0.1) is 11.8 Å². The lowest BCUT2D eigenvalue weighted by Gasteiger charge is -2.33. The highest BCUT2D eigenvalue weighted by Crippen LogP contribution is 2.28. The fourth-order valence-corrected chi connectivity index (χ4v) is 5.66. The molecule has 11 nitrogen and oxygen atoms in total. The average molecular weight is 538 g/mol. The van der Waals surface area contributed by atoms with Gasteiger partial charge in [0.05, 0.1) is 12.5 Å². The lowest BCUT2D eigenvalue weighted by atomic mass is 9.85. The summed E-state index contributed by atoms with van der Waals surface area (Å²) in [6.45, 7) is 3.58. The predicted molar refractivity (Wildman–Crippen MR) is 143 cm³/mol. The Balaban J connectivity index is 2.10. The summed E-state index contributed by atoms with van der Waals surface area (Å²) >= 11 is 0. The Kier molecular flexibility index (Phi) is 13.7. The Hall–Kier alpha value is -2.53. The summed E-state index contributed by atoms with van der Waals surface area (Å²) in [5.41, 5.74) is 11.5. The molecule has 2 aliphatic rings. The van der Waals surface area contributed by atoms with Gasteiger partial charge in [-0.25, -0.2) is 0 Å². The van der Waals surface area contributed by atoms with E-state index >= 15 is 0 Å². The molecular weight excluding hydrogens is 490 g/mol. The summed E-state index contributed by atoms with van der Waals surface area (Å²) in [7, 11) is 0. The molecular formula is C27H47N5O6. The van der Waals surface area contributed by atoms with Crippen molar-refractivity contribution in [1.82, 2.24) is 15.1 Å². The second-order valence-corrected chi connectivity index (χ2v) is 10.8. The number of piperidine rings is 1. The molecule has 38 heavy (non-hydrogen) atoms. The Morgan fingerprint density at radius 2 is 1.58 bits per heavy atom. The monoisotopic (exact) mass is 537 g/mol. The van der Waals surface area contributed by atoms with E-state index in [0.29, 0.717) is 31.1 Å². The van der Waals surface area contributed by atoms with Crippen molar-refractivity contribution >= 4 is 29.6 Å². The number of carbonyl (C=O) groups excluding carboxylic acids is 4. The van der Waals surface area contributed by atoms with Crippen molar-refractivity contribution in [1.29, 1.82) is 0 Å². The summed E-state index contributed by atoms with van der Waals surface area (Å²) in [6, 6.07) is -2.76. The molecule has 0 radical (unpaired) electrons. The van der Waals surface area contributed by atoms with Gasteiger partial charge in [0.1, 0.15) is 12.6 Å². The van der Waals surface area contributed by atoms with Crippen molar-refractivity contribution in [2.45, 2.75) is 102 Å². The number of hydrogen-bond donors (Lipinski definition) is 4. The molecule has 0 aromatic carbocycles. The zero-order valence-electron chi connectivity index (χ0n) is 22.9. The van der Waals surface area contributed by atoms with Gasteiger partial charge in [0.25, 0.3) is 0 Å². The first-order chi connectivity index (χ1) is 18.1. The van der Waals surface area contributed by atoms with E-state index in [-0.39, 0.29) is 18.9 Å². The van der Waals surface area contributed by atoms with Crippen LogP contribution in [0.25, 0.3) is 0 Å². The van der Waals surface area contributed by atoms with Crippen molar-refractivity contribution in [3.63, 3.8) is 0 Å². The number of primary amides is 1. The van der Waals surface area contributed by atoms with E-state index in [4.69, 9.17) is 16.6 Å². The molecule has 2 fully saturated rings. The van der Waals surface area contributed by atoms with Crippen LogP contribution in [-0.4, -0.2) is 82.8 Å². The number of hydrogen-bond acceptors (Lipinski definition) is 7. The first-order valence-electron chi connectivity index (χ1n) is 14.2. The third-order valence-corrected chi connectivity index (χ3v) is 7.95. The summed E-state index contributed by atoms with van der Waals surface area (Å²) in [5.74, 6) is -3.10. The molecule has 6 N–H and O–H groups in total. The van der Waals surface area contributed by atoms with E-state index in [2.05, 4.69) is 5.32 Å². The van der Waals surface area contributed by atoms with E-state index in [9.17, 15) is 24.0 Å². The van der Waals surface area contributed by atoms with E-state index < -0.39 is 48.7 Å². The van der Waals surface area contributed by atoms with Crippen molar-refractivity contribution < 1.29 is 29.1 Å². The Labute approximate surface area is 226 Å². The lowest BCUT2D eigenvalue weighted by Crippen LogP contribution is -2.58. The lowest BCUT2D eigenvalue weighted by molar-refractivity contribution is -0.156. The molecule has 0 aromatic heterocycles. The van der Waals surface area contributed by atoms with Gasteiger partial charge in [-0.05, 0) is 70.4 Å². The molecule has 2 atom stereocenters. The summed E-state index contributed by atoms with van der Waals surface area (Å²) in [4.78, 5) is 65.4. The molecule has 216 valence electrons. The fourth-order valence-electron chi connectivity index (χ4n) is 5.66. The standard InChI is InChI=1S/C27H47N5O6/c1-2-31(23(33)10-6-9-20-13-15-30-16-14-20)18-24(34)32(27(38)21(28)17-25(35)36)22(26(29)37)12-11-19-7-4-3-5-8-19/h19-22,30H,2-18,28H2,1H3,(H2,29,37)(H,35,36)/t21-,22-/m0/s1. The van der Waals surface area contributed by atoms with Gasteiger partial charge in [-0.1, -0.05) is 32.1 Å². The number of carboxylic acids is 1. The first kappa shape index (κ1) is 31.7. The second-order valence-electron chi connectivity index (χ2n) is 10.8. The largest absolute Gasteiger partial charge is 0.481 e. The van der Waals surface area contributed by atoms with E-state index in [1.54, 1.807) is 6.92 Å². The van der Waals surface area contributed by atoms with E-state index in [0.717, 1.165) is 62.9 Å². The molecule has 0 unspecified atom stereocenters. The number of nitrogens with two attached hydrogens (primary N) is 2. The third-order valence-electron chi connectivity index (χ3n) is 7.95. The number of nitrogens with one attached hydrogen (secondary N) is 1. The first-order valence-corrected chi connectivity index (χ1v) is 14.2. The maximum absolute atomic E-state index is 13.5. The highest BCUT2D eigenvalue weighted by molar-refractivity contribution is 6.04. The van der Waals surface area contributed by atoms with Gasteiger partial charge in [-0.3, -0.25) is 28.9 Å². The number of likely N-dealkylation sites (N-methyl/N-ethyl adjacent to an activating group) is 1. The molecule has 1 aliphatic carbocycles. The highest BCUT2D eigenvalue weighted by atomic mass is 16.4. The van der Waals surface area contributed by atoms with Crippen LogP contribution in [0.5, 0.6) is 0 Å². The van der Waals surface area contributed by atoms with Gasteiger partial charge in [-0.2, -0.15) is 0 Å². The normalized spacial score (nSPS) is 18.4. The number of imide groups is 1. The number of aliphatic carboxylic acids is 1. The summed E-state index contributed by atoms with van der Waals surface area (Å²) < 4.78 is 0. The Morgan fingerprint density at radius 3 is 2.16 bits per heavy atom. The van der Waals surface area contributed by atoms with Gasteiger partial charge in [-0.15, -0.1) is 0 Å². The van der Waals surface area contributed by atoms with Crippen molar-refractivity contribution in [3.8, 4) is 0 Å². The number of nitrogens with zero attached hydrogens (tertiary/aromatic N) is 2. The van der Waals surface area contributed by atoms with Crippen LogP contribution < -0.4 is 16.8 Å². The maximum atomic E-state index is 13.5. The van der Waals surface area contributed by atoms with Crippen LogP contribution in [0.15, 0.2) is 0 Å². The molecule has 1 aliphatic heterocycles. The zero-order valence-corrected chi connectivity index (χ0v) is 22.9. The minimum Gasteiger partial charge on any atom is -0.481 e. The molecule has 1 saturated carbocycles. The van der Waals surface area contributed by atoms with Gasteiger partial charge in [0, 0.05) is 13.0 Å². The third kappa shape index (κ3) is 10.3. The van der Waals surface area contributed by atoms with Crippen LogP contribution in [0.3, 0.4) is 0 Å². The second kappa shape index (κ2) is 16.4. The van der Waals surface area contributed by atoms with Crippen LogP contribution in [0.1, 0.15) is 90.4 Å². The molecule has 0 aromatic rings. The number of amides is 4. The van der Waals surface area contributed by atoms with Crippen molar-refractivity contribution in [2.24, 2.45) is 23.3 Å². The highest BCUT2D eigenvalue weighted by Gasteiger charge is 2.38.